The first kappa shape index (κ1) is 11.1. The Morgan fingerprint density at radius 1 is 1.35 bits per heavy atom. The van der Waals surface area contributed by atoms with Crippen molar-refractivity contribution in [2.75, 3.05) is 0 Å². The van der Waals surface area contributed by atoms with E-state index in [1.807, 2.05) is 12.1 Å². The average Bonchev–Trinajstić information content (AvgIpc) is 2.47. The van der Waals surface area contributed by atoms with Crippen LogP contribution < -0.4 is 4.74 Å². The summed E-state index contributed by atoms with van der Waals surface area (Å²) < 4.78 is 6.01. The van der Waals surface area contributed by atoms with Crippen LogP contribution in [-0.2, 0) is 6.42 Å². The molecular formula is C15H20O2. The molecule has 2 nitrogen and oxygen atoms in total. The summed E-state index contributed by atoms with van der Waals surface area (Å²) in [5, 5.41) is 10.4. The lowest BCUT2D eigenvalue weighted by molar-refractivity contribution is 0.0561. The molecule has 1 aromatic carbocycles. The van der Waals surface area contributed by atoms with Crippen LogP contribution in [-0.4, -0.2) is 10.7 Å². The second-order valence-corrected chi connectivity index (χ2v) is 6.01. The number of hydrogen-bond donors (Lipinski definition) is 1. The molecular weight excluding hydrogens is 212 g/mol. The number of para-hydroxylation sites is 1. The molecule has 1 atom stereocenters. The molecule has 1 N–H and O–H groups in total. The Balaban J connectivity index is 1.94. The van der Waals surface area contributed by atoms with Gasteiger partial charge in [-0.2, -0.15) is 0 Å². The third kappa shape index (κ3) is 1.85. The predicted octanol–water partition coefficient (Wildman–Crippen LogP) is 3.23. The molecule has 0 amide bonds. The van der Waals surface area contributed by atoms with E-state index in [9.17, 15) is 5.11 Å². The van der Waals surface area contributed by atoms with E-state index >= 15 is 0 Å². The molecule has 2 aliphatic rings. The van der Waals surface area contributed by atoms with Gasteiger partial charge < -0.3 is 9.84 Å². The lowest BCUT2D eigenvalue weighted by atomic mass is 9.78. The molecule has 1 fully saturated rings. The smallest absolute Gasteiger partial charge is 0.129 e. The van der Waals surface area contributed by atoms with Crippen LogP contribution in [0.4, 0.5) is 0 Å². The zero-order valence-corrected chi connectivity index (χ0v) is 10.6. The molecule has 2 heteroatoms. The van der Waals surface area contributed by atoms with Crippen molar-refractivity contribution in [1.82, 2.24) is 0 Å². The Bertz CT molecular complexity index is 433. The molecule has 1 saturated carbocycles. The Kier molecular flexibility index (Phi) is 2.44. The predicted molar refractivity (Wildman–Crippen MR) is 67.2 cm³/mol. The van der Waals surface area contributed by atoms with Crippen LogP contribution in [0.2, 0.25) is 0 Å². The minimum atomic E-state index is -0.340. The number of hydrogen-bond acceptors (Lipinski definition) is 2. The van der Waals surface area contributed by atoms with Crippen LogP contribution in [0.15, 0.2) is 18.2 Å². The molecule has 1 aromatic rings. The van der Waals surface area contributed by atoms with E-state index in [-0.39, 0.29) is 11.7 Å². The maximum absolute atomic E-state index is 10.4. The minimum Gasteiger partial charge on any atom is -0.487 e. The second-order valence-electron chi connectivity index (χ2n) is 6.01. The van der Waals surface area contributed by atoms with Gasteiger partial charge in [0.15, 0.2) is 0 Å². The number of benzene rings is 1. The van der Waals surface area contributed by atoms with Crippen molar-refractivity contribution in [3.63, 3.8) is 0 Å². The van der Waals surface area contributed by atoms with Crippen LogP contribution in [0.3, 0.4) is 0 Å². The van der Waals surface area contributed by atoms with Crippen LogP contribution in [0, 0.1) is 5.92 Å². The largest absolute Gasteiger partial charge is 0.487 e. The summed E-state index contributed by atoms with van der Waals surface area (Å²) in [6.45, 7) is 4.21. The number of ether oxygens (including phenoxy) is 1. The van der Waals surface area contributed by atoms with Crippen molar-refractivity contribution in [1.29, 1.82) is 0 Å². The van der Waals surface area contributed by atoms with Crippen molar-refractivity contribution < 1.29 is 9.84 Å². The van der Waals surface area contributed by atoms with Gasteiger partial charge in [0.25, 0.3) is 0 Å². The summed E-state index contributed by atoms with van der Waals surface area (Å²) in [6, 6.07) is 6.17. The van der Waals surface area contributed by atoms with E-state index < -0.39 is 0 Å². The van der Waals surface area contributed by atoms with Gasteiger partial charge in [-0.05, 0) is 38.2 Å². The average molecular weight is 232 g/mol. The lowest BCUT2D eigenvalue weighted by Gasteiger charge is -2.31. The topological polar surface area (TPSA) is 29.5 Å². The van der Waals surface area contributed by atoms with Crippen molar-refractivity contribution >= 4 is 0 Å². The molecule has 1 aliphatic heterocycles. The molecule has 0 saturated heterocycles. The van der Waals surface area contributed by atoms with Gasteiger partial charge >= 0.3 is 0 Å². The van der Waals surface area contributed by atoms with Crippen molar-refractivity contribution in [2.24, 2.45) is 5.92 Å². The number of rotatable bonds is 2. The normalized spacial score (nSPS) is 23.7. The van der Waals surface area contributed by atoms with E-state index in [1.54, 1.807) is 0 Å². The number of fused-ring (bicyclic) bond motifs is 1. The van der Waals surface area contributed by atoms with E-state index in [2.05, 4.69) is 19.9 Å². The molecule has 0 aromatic heterocycles. The van der Waals surface area contributed by atoms with E-state index in [4.69, 9.17) is 4.74 Å². The summed E-state index contributed by atoms with van der Waals surface area (Å²) in [4.78, 5) is 0. The van der Waals surface area contributed by atoms with Gasteiger partial charge in [0, 0.05) is 12.0 Å². The first-order valence-electron chi connectivity index (χ1n) is 6.56. The van der Waals surface area contributed by atoms with Gasteiger partial charge in [-0.15, -0.1) is 0 Å². The molecule has 0 spiro atoms. The van der Waals surface area contributed by atoms with Gasteiger partial charge in [-0.1, -0.05) is 24.6 Å². The Morgan fingerprint density at radius 2 is 2.12 bits per heavy atom. The van der Waals surface area contributed by atoms with Gasteiger partial charge in [-0.3, -0.25) is 0 Å². The Morgan fingerprint density at radius 3 is 2.76 bits per heavy atom. The van der Waals surface area contributed by atoms with E-state index in [0.717, 1.165) is 30.6 Å². The van der Waals surface area contributed by atoms with E-state index in [1.165, 1.54) is 12.0 Å². The maximum Gasteiger partial charge on any atom is 0.129 e. The summed E-state index contributed by atoms with van der Waals surface area (Å²) in [6.07, 6.45) is 4.15. The summed E-state index contributed by atoms with van der Waals surface area (Å²) >= 11 is 0. The molecule has 3 rings (SSSR count). The van der Waals surface area contributed by atoms with Crippen LogP contribution in [0.25, 0.3) is 0 Å². The van der Waals surface area contributed by atoms with Crippen LogP contribution in [0.1, 0.15) is 50.3 Å². The highest BCUT2D eigenvalue weighted by Gasteiger charge is 2.35. The Hall–Kier alpha value is -1.02. The number of aliphatic hydroxyl groups excluding tert-OH is 1. The second kappa shape index (κ2) is 3.74. The zero-order valence-electron chi connectivity index (χ0n) is 10.6. The summed E-state index contributed by atoms with van der Waals surface area (Å²) in [5.74, 6) is 1.38. The molecule has 92 valence electrons. The standard InChI is InChI=1S/C15H20O2/c1-15(2)9-11-7-4-8-12(14(11)17-15)13(16)10-5-3-6-10/h4,7-8,10,13,16H,3,5-6,9H2,1-2H3. The zero-order chi connectivity index (χ0) is 12.0. The van der Waals surface area contributed by atoms with E-state index in [0.29, 0.717) is 5.92 Å². The van der Waals surface area contributed by atoms with Gasteiger partial charge in [0.05, 0.1) is 6.10 Å². The van der Waals surface area contributed by atoms with Gasteiger partial charge in [0.1, 0.15) is 11.4 Å². The highest BCUT2D eigenvalue weighted by atomic mass is 16.5. The van der Waals surface area contributed by atoms with Crippen molar-refractivity contribution in [2.45, 2.75) is 51.2 Å². The SMILES string of the molecule is CC1(C)Cc2cccc(C(O)C3CCC3)c2O1. The fourth-order valence-corrected chi connectivity index (χ4v) is 2.88. The Labute approximate surface area is 103 Å². The monoisotopic (exact) mass is 232 g/mol. The summed E-state index contributed by atoms with van der Waals surface area (Å²) in [7, 11) is 0. The molecule has 1 unspecified atom stereocenters. The minimum absolute atomic E-state index is 0.127. The van der Waals surface area contributed by atoms with Crippen molar-refractivity contribution in [3.8, 4) is 5.75 Å². The fraction of sp³-hybridized carbons (Fsp3) is 0.600. The third-order valence-corrected chi connectivity index (χ3v) is 4.04. The molecule has 17 heavy (non-hydrogen) atoms. The molecule has 0 radical (unpaired) electrons. The highest BCUT2D eigenvalue weighted by Crippen LogP contribution is 2.45. The van der Waals surface area contributed by atoms with Gasteiger partial charge in [-0.25, -0.2) is 0 Å². The van der Waals surface area contributed by atoms with Crippen LogP contribution in [0.5, 0.6) is 5.75 Å². The first-order valence-corrected chi connectivity index (χ1v) is 6.56. The van der Waals surface area contributed by atoms with Crippen molar-refractivity contribution in [3.05, 3.63) is 29.3 Å². The molecule has 1 aliphatic carbocycles. The van der Waals surface area contributed by atoms with Crippen LogP contribution >= 0.6 is 0 Å². The molecule has 0 bridgehead atoms. The first-order chi connectivity index (χ1) is 8.07. The maximum atomic E-state index is 10.4. The van der Waals surface area contributed by atoms with Gasteiger partial charge in [0.2, 0.25) is 0 Å². The number of aliphatic hydroxyl groups is 1. The quantitative estimate of drug-likeness (QED) is 0.848. The fourth-order valence-electron chi connectivity index (χ4n) is 2.88. The molecule has 1 heterocycles. The third-order valence-electron chi connectivity index (χ3n) is 4.04. The summed E-state index contributed by atoms with van der Waals surface area (Å²) in [5.41, 5.74) is 2.11. The lowest BCUT2D eigenvalue weighted by Crippen LogP contribution is -2.25. The highest BCUT2D eigenvalue weighted by molar-refractivity contribution is 5.47.